The highest BCUT2D eigenvalue weighted by Gasteiger charge is 2.23. The van der Waals surface area contributed by atoms with Gasteiger partial charge in [0.25, 0.3) is 0 Å². The van der Waals surface area contributed by atoms with Gasteiger partial charge in [0.05, 0.1) is 4.90 Å². The van der Waals surface area contributed by atoms with E-state index >= 15 is 0 Å². The van der Waals surface area contributed by atoms with E-state index in [1.165, 1.54) is 0 Å². The van der Waals surface area contributed by atoms with Crippen molar-refractivity contribution in [3.05, 3.63) is 29.3 Å². The van der Waals surface area contributed by atoms with Gasteiger partial charge in [0.2, 0.25) is 0 Å². The molecule has 16 heavy (non-hydrogen) atoms. The van der Waals surface area contributed by atoms with E-state index in [9.17, 15) is 8.60 Å². The summed E-state index contributed by atoms with van der Waals surface area (Å²) < 4.78 is 26.8. The third-order valence-electron chi connectivity index (χ3n) is 2.63. The highest BCUT2D eigenvalue weighted by atomic mass is 35.5. The minimum absolute atomic E-state index is 0.472. The van der Waals surface area contributed by atoms with Gasteiger partial charge in [0.15, 0.2) is 0 Å². The molecule has 1 atom stereocenters. The van der Waals surface area contributed by atoms with E-state index in [-0.39, 0.29) is 0 Å². The molecular formula is C11H13ClFNOS. The number of hydrogen-bond donors (Lipinski definition) is 0. The van der Waals surface area contributed by atoms with Gasteiger partial charge in [-0.3, -0.25) is 0 Å². The van der Waals surface area contributed by atoms with E-state index in [0.717, 1.165) is 4.90 Å². The summed E-state index contributed by atoms with van der Waals surface area (Å²) in [5.41, 5.74) is 0. The number of alkyl halides is 1. The normalized spacial score (nSPS) is 20.9. The molecule has 0 amide bonds. The molecule has 0 aliphatic carbocycles. The summed E-state index contributed by atoms with van der Waals surface area (Å²) in [5, 5.41) is 0.628. The smallest absolute Gasteiger partial charge is 0.127 e. The molecule has 1 aliphatic rings. The zero-order valence-electron chi connectivity index (χ0n) is 8.73. The standard InChI is InChI=1S/C11H13ClFNOS/c12-9-1-3-11(4-2-9)16(15)14-7-5-10(13)6-8-14/h1-4,10H,5-8H2. The minimum Gasteiger partial charge on any atom is -0.247 e. The van der Waals surface area contributed by atoms with Crippen molar-refractivity contribution in [2.75, 3.05) is 13.1 Å². The summed E-state index contributed by atoms with van der Waals surface area (Å²) in [7, 11) is -1.19. The van der Waals surface area contributed by atoms with E-state index in [1.54, 1.807) is 28.6 Å². The Bertz CT molecular complexity index is 376. The first kappa shape index (κ1) is 12.0. The molecule has 1 aromatic rings. The molecule has 2 nitrogen and oxygen atoms in total. The van der Waals surface area contributed by atoms with E-state index in [2.05, 4.69) is 0 Å². The Morgan fingerprint density at radius 1 is 1.25 bits per heavy atom. The molecular weight excluding hydrogens is 249 g/mol. The van der Waals surface area contributed by atoms with Gasteiger partial charge in [-0.2, -0.15) is 0 Å². The quantitative estimate of drug-likeness (QED) is 0.802. The van der Waals surface area contributed by atoms with Crippen molar-refractivity contribution in [2.24, 2.45) is 0 Å². The summed E-state index contributed by atoms with van der Waals surface area (Å²) in [6.07, 6.45) is 0.206. The van der Waals surface area contributed by atoms with Gasteiger partial charge in [0, 0.05) is 18.1 Å². The van der Waals surface area contributed by atoms with Crippen LogP contribution in [-0.4, -0.2) is 27.8 Å². The van der Waals surface area contributed by atoms with Crippen LogP contribution in [0.1, 0.15) is 12.8 Å². The lowest BCUT2D eigenvalue weighted by atomic mass is 10.1. The summed E-state index contributed by atoms with van der Waals surface area (Å²) >= 11 is 5.76. The van der Waals surface area contributed by atoms with E-state index in [1.807, 2.05) is 0 Å². The predicted octanol–water partition coefficient (Wildman–Crippen LogP) is 2.80. The molecule has 0 bridgehead atoms. The molecule has 1 fully saturated rings. The summed E-state index contributed by atoms with van der Waals surface area (Å²) in [6, 6.07) is 6.94. The second kappa shape index (κ2) is 5.25. The van der Waals surface area contributed by atoms with Crippen molar-refractivity contribution in [2.45, 2.75) is 23.9 Å². The molecule has 88 valence electrons. The van der Waals surface area contributed by atoms with Crippen LogP contribution < -0.4 is 0 Å². The second-order valence-corrected chi connectivity index (χ2v) is 5.73. The van der Waals surface area contributed by atoms with Gasteiger partial charge in [-0.25, -0.2) is 12.9 Å². The van der Waals surface area contributed by atoms with Crippen LogP contribution in [0.15, 0.2) is 29.2 Å². The number of hydrogen-bond acceptors (Lipinski definition) is 1. The van der Waals surface area contributed by atoms with Crippen molar-refractivity contribution >= 4 is 22.6 Å². The topological polar surface area (TPSA) is 20.3 Å². The molecule has 0 aromatic heterocycles. The highest BCUT2D eigenvalue weighted by Crippen LogP contribution is 2.20. The first-order valence-electron chi connectivity index (χ1n) is 5.23. The Hall–Kier alpha value is -0.450. The molecule has 0 spiro atoms. The summed E-state index contributed by atoms with van der Waals surface area (Å²) in [4.78, 5) is 0.724. The number of piperidine rings is 1. The van der Waals surface area contributed by atoms with Gasteiger partial charge < -0.3 is 0 Å². The Labute approximate surface area is 102 Å². The second-order valence-electron chi connectivity index (χ2n) is 3.81. The van der Waals surface area contributed by atoms with E-state index < -0.39 is 17.2 Å². The third kappa shape index (κ3) is 2.81. The fourth-order valence-corrected chi connectivity index (χ4v) is 3.03. The molecule has 1 aromatic carbocycles. The average Bonchev–Trinajstić information content (AvgIpc) is 2.30. The van der Waals surface area contributed by atoms with Gasteiger partial charge >= 0.3 is 0 Å². The minimum atomic E-state index is -1.19. The lowest BCUT2D eigenvalue weighted by Crippen LogP contribution is -2.35. The molecule has 1 aliphatic heterocycles. The van der Waals surface area contributed by atoms with Gasteiger partial charge in [-0.05, 0) is 37.1 Å². The molecule has 1 heterocycles. The van der Waals surface area contributed by atoms with Crippen LogP contribution in [0.4, 0.5) is 4.39 Å². The summed E-state index contributed by atoms with van der Waals surface area (Å²) in [6.45, 7) is 1.10. The molecule has 1 saturated heterocycles. The lowest BCUT2D eigenvalue weighted by Gasteiger charge is -2.27. The SMILES string of the molecule is O=S(c1ccc(Cl)cc1)N1CCC(F)CC1. The van der Waals surface area contributed by atoms with Gasteiger partial charge in [0.1, 0.15) is 17.2 Å². The fraction of sp³-hybridized carbons (Fsp3) is 0.455. The molecule has 5 heteroatoms. The van der Waals surface area contributed by atoms with Crippen LogP contribution in [0.2, 0.25) is 5.02 Å². The number of halogens is 2. The van der Waals surface area contributed by atoms with Crippen molar-refractivity contribution < 1.29 is 8.60 Å². The van der Waals surface area contributed by atoms with Crippen LogP contribution in [-0.2, 0) is 11.0 Å². The van der Waals surface area contributed by atoms with Crippen LogP contribution in [0.25, 0.3) is 0 Å². The van der Waals surface area contributed by atoms with Gasteiger partial charge in [-0.1, -0.05) is 11.6 Å². The lowest BCUT2D eigenvalue weighted by molar-refractivity contribution is 0.215. The maximum absolute atomic E-state index is 12.9. The van der Waals surface area contributed by atoms with Crippen molar-refractivity contribution in [1.82, 2.24) is 4.31 Å². The van der Waals surface area contributed by atoms with Crippen LogP contribution in [0.5, 0.6) is 0 Å². The monoisotopic (exact) mass is 261 g/mol. The molecule has 1 unspecified atom stereocenters. The Morgan fingerprint density at radius 3 is 2.38 bits per heavy atom. The van der Waals surface area contributed by atoms with E-state index in [4.69, 9.17) is 11.6 Å². The molecule has 0 saturated carbocycles. The third-order valence-corrected chi connectivity index (χ3v) is 4.39. The number of rotatable bonds is 2. The van der Waals surface area contributed by atoms with Crippen LogP contribution in [0.3, 0.4) is 0 Å². The maximum atomic E-state index is 12.9. The Kier molecular flexibility index (Phi) is 3.95. The van der Waals surface area contributed by atoms with Crippen molar-refractivity contribution in [1.29, 1.82) is 0 Å². The highest BCUT2D eigenvalue weighted by molar-refractivity contribution is 7.82. The molecule has 0 N–H and O–H groups in total. The van der Waals surface area contributed by atoms with Crippen molar-refractivity contribution in [3.8, 4) is 0 Å². The van der Waals surface area contributed by atoms with E-state index in [0.29, 0.717) is 31.0 Å². The number of nitrogens with zero attached hydrogens (tertiary/aromatic N) is 1. The number of benzene rings is 1. The zero-order chi connectivity index (χ0) is 11.5. The first-order valence-corrected chi connectivity index (χ1v) is 6.72. The van der Waals surface area contributed by atoms with Crippen LogP contribution >= 0.6 is 11.6 Å². The fourth-order valence-electron chi connectivity index (χ4n) is 1.69. The largest absolute Gasteiger partial charge is 0.247 e. The molecule has 2 rings (SSSR count). The Balaban J connectivity index is 2.05. The first-order chi connectivity index (χ1) is 7.66. The van der Waals surface area contributed by atoms with Gasteiger partial charge in [-0.15, -0.1) is 0 Å². The Morgan fingerprint density at radius 2 is 1.81 bits per heavy atom. The van der Waals surface area contributed by atoms with Crippen LogP contribution in [0, 0.1) is 0 Å². The maximum Gasteiger partial charge on any atom is 0.127 e. The predicted molar refractivity (Wildman–Crippen MR) is 63.6 cm³/mol. The molecule has 0 radical (unpaired) electrons. The zero-order valence-corrected chi connectivity index (χ0v) is 10.3. The summed E-state index contributed by atoms with van der Waals surface area (Å²) in [5.74, 6) is 0. The van der Waals surface area contributed by atoms with Crippen molar-refractivity contribution in [3.63, 3.8) is 0 Å². The average molecular weight is 262 g/mol.